The van der Waals surface area contributed by atoms with E-state index in [1.54, 1.807) is 24.3 Å². The Balaban J connectivity index is 2.50. The molecule has 0 heterocycles. The third kappa shape index (κ3) is 2.95. The lowest BCUT2D eigenvalue weighted by Gasteiger charge is -2.05. The number of nitrogens with one attached hydrogen (secondary N) is 2. The van der Waals surface area contributed by atoms with Crippen LogP contribution in [0.1, 0.15) is 0 Å². The summed E-state index contributed by atoms with van der Waals surface area (Å²) in [5, 5.41) is 0.580. The quantitative estimate of drug-likeness (QED) is 0.487. The molecular weight excluding hydrogens is 206 g/mol. The van der Waals surface area contributed by atoms with Crippen molar-refractivity contribution in [2.75, 3.05) is 5.43 Å². The number of hydrogen-bond donors (Lipinski definition) is 3. The first-order valence-electron chi connectivity index (χ1n) is 3.71. The molecule has 0 radical (unpaired) electrons. The van der Waals surface area contributed by atoms with Crippen molar-refractivity contribution in [3.05, 3.63) is 29.3 Å². The Kier molecular flexibility index (Phi) is 3.30. The highest BCUT2D eigenvalue weighted by Gasteiger charge is 2.06. The van der Waals surface area contributed by atoms with Crippen molar-refractivity contribution < 1.29 is 9.59 Å². The van der Waals surface area contributed by atoms with Crippen molar-refractivity contribution in [1.82, 2.24) is 5.43 Å². The Labute approximate surface area is 85.2 Å². The van der Waals surface area contributed by atoms with Gasteiger partial charge in [-0.15, -0.1) is 0 Å². The maximum absolute atomic E-state index is 10.7. The van der Waals surface area contributed by atoms with Crippen LogP contribution in [0.3, 0.4) is 0 Å². The minimum Gasteiger partial charge on any atom is -0.361 e. The summed E-state index contributed by atoms with van der Waals surface area (Å²) in [5.41, 5.74) is 9.92. The zero-order valence-electron chi connectivity index (χ0n) is 7.08. The Morgan fingerprint density at radius 3 is 2.29 bits per heavy atom. The summed E-state index contributed by atoms with van der Waals surface area (Å²) in [5.74, 6) is -1.95. The summed E-state index contributed by atoms with van der Waals surface area (Å²) in [6.45, 7) is 0. The largest absolute Gasteiger partial charge is 0.361 e. The summed E-state index contributed by atoms with van der Waals surface area (Å²) in [7, 11) is 0. The number of hydrogen-bond acceptors (Lipinski definition) is 3. The molecular formula is C8H8ClN3O2. The fourth-order valence-corrected chi connectivity index (χ4v) is 0.850. The van der Waals surface area contributed by atoms with E-state index in [1.165, 1.54) is 0 Å². The molecule has 0 atom stereocenters. The van der Waals surface area contributed by atoms with Gasteiger partial charge in [0.2, 0.25) is 0 Å². The Bertz CT molecular complexity index is 350. The fourth-order valence-electron chi connectivity index (χ4n) is 0.724. The van der Waals surface area contributed by atoms with Crippen LogP contribution in [-0.2, 0) is 9.59 Å². The van der Waals surface area contributed by atoms with Gasteiger partial charge >= 0.3 is 11.8 Å². The van der Waals surface area contributed by atoms with E-state index in [1.807, 2.05) is 0 Å². The van der Waals surface area contributed by atoms with Crippen LogP contribution < -0.4 is 16.6 Å². The normalized spacial score (nSPS) is 9.21. The zero-order valence-corrected chi connectivity index (χ0v) is 7.84. The first-order valence-corrected chi connectivity index (χ1v) is 4.09. The van der Waals surface area contributed by atoms with E-state index in [4.69, 9.17) is 17.3 Å². The van der Waals surface area contributed by atoms with E-state index in [0.29, 0.717) is 10.7 Å². The summed E-state index contributed by atoms with van der Waals surface area (Å²) >= 11 is 5.64. The van der Waals surface area contributed by atoms with E-state index in [-0.39, 0.29) is 0 Å². The molecule has 0 spiro atoms. The summed E-state index contributed by atoms with van der Waals surface area (Å²) < 4.78 is 0. The second-order valence-electron chi connectivity index (χ2n) is 2.45. The molecule has 0 saturated heterocycles. The third-order valence-corrected chi connectivity index (χ3v) is 1.64. The highest BCUT2D eigenvalue weighted by Crippen LogP contribution is 2.12. The zero-order chi connectivity index (χ0) is 10.6. The predicted octanol–water partition coefficient (Wildman–Crippen LogP) is 0.268. The predicted molar refractivity (Wildman–Crippen MR) is 52.4 cm³/mol. The number of anilines is 1. The molecule has 6 heteroatoms. The lowest BCUT2D eigenvalue weighted by atomic mass is 10.3. The van der Waals surface area contributed by atoms with E-state index in [0.717, 1.165) is 0 Å². The molecule has 1 aromatic rings. The van der Waals surface area contributed by atoms with E-state index < -0.39 is 11.8 Å². The molecule has 0 unspecified atom stereocenters. The lowest BCUT2D eigenvalue weighted by molar-refractivity contribution is -0.136. The molecule has 14 heavy (non-hydrogen) atoms. The van der Waals surface area contributed by atoms with E-state index in [2.05, 4.69) is 10.9 Å². The first-order chi connectivity index (χ1) is 6.59. The van der Waals surface area contributed by atoms with Crippen molar-refractivity contribution in [2.45, 2.75) is 0 Å². The van der Waals surface area contributed by atoms with Crippen molar-refractivity contribution in [2.24, 2.45) is 5.73 Å². The van der Waals surface area contributed by atoms with E-state index >= 15 is 0 Å². The monoisotopic (exact) mass is 213 g/mol. The van der Waals surface area contributed by atoms with E-state index in [9.17, 15) is 9.59 Å². The molecule has 1 rings (SSSR count). The van der Waals surface area contributed by atoms with Gasteiger partial charge < -0.3 is 5.73 Å². The van der Waals surface area contributed by atoms with Crippen LogP contribution in [-0.4, -0.2) is 11.8 Å². The molecule has 0 aliphatic rings. The molecule has 0 bridgehead atoms. The minimum absolute atomic E-state index is 0.580. The number of nitrogens with two attached hydrogens (primary N) is 1. The summed E-state index contributed by atoms with van der Waals surface area (Å²) in [4.78, 5) is 21.0. The molecule has 74 valence electrons. The Morgan fingerprint density at radius 2 is 1.79 bits per heavy atom. The number of benzene rings is 1. The highest BCUT2D eigenvalue weighted by atomic mass is 35.5. The molecule has 2 amide bonds. The molecule has 0 fully saturated rings. The van der Waals surface area contributed by atoms with Crippen molar-refractivity contribution in [3.8, 4) is 0 Å². The number of primary amides is 1. The van der Waals surface area contributed by atoms with Gasteiger partial charge in [-0.3, -0.25) is 20.4 Å². The van der Waals surface area contributed by atoms with Gasteiger partial charge in [-0.2, -0.15) is 0 Å². The van der Waals surface area contributed by atoms with Crippen molar-refractivity contribution >= 4 is 29.1 Å². The van der Waals surface area contributed by atoms with Crippen LogP contribution in [0.2, 0.25) is 5.02 Å². The molecule has 0 aliphatic carbocycles. The third-order valence-electron chi connectivity index (χ3n) is 1.39. The van der Waals surface area contributed by atoms with Gasteiger partial charge in [-0.25, -0.2) is 0 Å². The topological polar surface area (TPSA) is 84.2 Å². The van der Waals surface area contributed by atoms with Gasteiger partial charge in [0.15, 0.2) is 0 Å². The molecule has 5 nitrogen and oxygen atoms in total. The van der Waals surface area contributed by atoms with Crippen LogP contribution in [0.4, 0.5) is 5.69 Å². The van der Waals surface area contributed by atoms with Gasteiger partial charge in [0, 0.05) is 5.02 Å². The number of carbonyl (C=O) groups is 2. The molecule has 0 saturated carbocycles. The highest BCUT2D eigenvalue weighted by molar-refractivity contribution is 6.34. The van der Waals surface area contributed by atoms with Gasteiger partial charge in [0.05, 0.1) is 5.69 Å². The van der Waals surface area contributed by atoms with Gasteiger partial charge in [0.1, 0.15) is 0 Å². The van der Waals surface area contributed by atoms with Crippen LogP contribution >= 0.6 is 11.6 Å². The average molecular weight is 214 g/mol. The van der Waals surface area contributed by atoms with Crippen molar-refractivity contribution in [1.29, 1.82) is 0 Å². The SMILES string of the molecule is NC(=O)C(=O)NNc1ccc(Cl)cc1. The number of carbonyl (C=O) groups excluding carboxylic acids is 2. The molecule has 0 aromatic heterocycles. The van der Waals surface area contributed by atoms with Gasteiger partial charge in [0.25, 0.3) is 0 Å². The van der Waals surface area contributed by atoms with Gasteiger partial charge in [-0.05, 0) is 24.3 Å². The van der Waals surface area contributed by atoms with Crippen LogP contribution in [0.25, 0.3) is 0 Å². The number of amides is 2. The average Bonchev–Trinajstić information content (AvgIpc) is 2.16. The van der Waals surface area contributed by atoms with Gasteiger partial charge in [-0.1, -0.05) is 11.6 Å². The maximum atomic E-state index is 10.7. The van der Waals surface area contributed by atoms with Crippen LogP contribution in [0.15, 0.2) is 24.3 Å². The smallest absolute Gasteiger partial charge is 0.327 e. The van der Waals surface area contributed by atoms with Crippen LogP contribution in [0.5, 0.6) is 0 Å². The summed E-state index contributed by atoms with van der Waals surface area (Å²) in [6.07, 6.45) is 0. The molecule has 4 N–H and O–H groups in total. The molecule has 0 aliphatic heterocycles. The number of hydrazine groups is 1. The Hall–Kier alpha value is -1.75. The Morgan fingerprint density at radius 1 is 1.21 bits per heavy atom. The molecule has 1 aromatic carbocycles. The minimum atomic E-state index is -1.05. The lowest BCUT2D eigenvalue weighted by Crippen LogP contribution is -2.39. The fraction of sp³-hybridized carbons (Fsp3) is 0. The van der Waals surface area contributed by atoms with Crippen LogP contribution in [0, 0.1) is 0 Å². The number of halogens is 1. The summed E-state index contributed by atoms with van der Waals surface area (Å²) in [6, 6.07) is 6.56. The second-order valence-corrected chi connectivity index (χ2v) is 2.89. The standard InChI is InChI=1S/C8H8ClN3O2/c9-5-1-3-6(4-2-5)11-12-8(14)7(10)13/h1-4,11H,(H2,10,13)(H,12,14). The number of rotatable bonds is 2. The maximum Gasteiger partial charge on any atom is 0.327 e. The second kappa shape index (κ2) is 4.48. The first kappa shape index (κ1) is 10.3. The van der Waals surface area contributed by atoms with Crippen molar-refractivity contribution in [3.63, 3.8) is 0 Å².